The van der Waals surface area contributed by atoms with Crippen molar-refractivity contribution in [3.05, 3.63) is 47.7 Å². The Kier molecular flexibility index (Phi) is 10.2. The molecule has 1 fully saturated rings. The number of aromatic nitrogens is 1. The van der Waals surface area contributed by atoms with Crippen LogP contribution in [0.25, 0.3) is 17.2 Å². The van der Waals surface area contributed by atoms with Crippen molar-refractivity contribution in [1.29, 1.82) is 0 Å². The quantitative estimate of drug-likeness (QED) is 0.211. The molecule has 190 valence electrons. The predicted octanol–water partition coefficient (Wildman–Crippen LogP) is 6.00. The molecular weight excluding hydrogens is 440 g/mol. The van der Waals surface area contributed by atoms with E-state index in [1.54, 1.807) is 6.92 Å². The number of unbranched alkanes of at least 4 members (excludes halogenated alkanes) is 1. The summed E-state index contributed by atoms with van der Waals surface area (Å²) >= 11 is 0. The van der Waals surface area contributed by atoms with E-state index in [0.29, 0.717) is 37.2 Å². The molecular formula is C29H40N2O4. The third-order valence-electron chi connectivity index (χ3n) is 6.48. The van der Waals surface area contributed by atoms with E-state index in [1.165, 1.54) is 0 Å². The zero-order chi connectivity index (χ0) is 25.2. The maximum atomic E-state index is 12.3. The maximum Gasteiger partial charge on any atom is 0.333 e. The van der Waals surface area contributed by atoms with Gasteiger partial charge in [0.2, 0.25) is 0 Å². The molecule has 0 N–H and O–H groups in total. The van der Waals surface area contributed by atoms with E-state index in [4.69, 9.17) is 19.2 Å². The minimum atomic E-state index is -0.299. The van der Waals surface area contributed by atoms with Gasteiger partial charge in [0.05, 0.1) is 13.2 Å². The second-order valence-electron chi connectivity index (χ2n) is 9.38. The lowest BCUT2D eigenvalue weighted by Crippen LogP contribution is -2.22. The van der Waals surface area contributed by atoms with Crippen LogP contribution < -0.4 is 9.64 Å². The van der Waals surface area contributed by atoms with Gasteiger partial charge in [-0.05, 0) is 61.9 Å². The highest BCUT2D eigenvalue weighted by Gasteiger charge is 2.28. The molecule has 0 bridgehead atoms. The summed E-state index contributed by atoms with van der Waals surface area (Å²) in [5.74, 6) is 2.63. The standard InChI is InChI=1S/C29H40N2O4/c1-6-8-13-33-14-15-35-27-11-9-24(10-12-27)26-17-25(16-21(3)29(32)34-7-2)28(30-18-26)31-19-22(4)23(5)20-31/h9-12,16-18,22-23H,6-8,13-15,19-20H2,1-5H3. The van der Waals surface area contributed by atoms with Gasteiger partial charge in [0.25, 0.3) is 0 Å². The summed E-state index contributed by atoms with van der Waals surface area (Å²) in [4.78, 5) is 19.5. The number of pyridine rings is 1. The molecule has 1 aromatic carbocycles. The van der Waals surface area contributed by atoms with E-state index in [2.05, 4.69) is 31.7 Å². The fourth-order valence-corrected chi connectivity index (χ4v) is 4.15. The van der Waals surface area contributed by atoms with Gasteiger partial charge in [0.1, 0.15) is 18.2 Å². The van der Waals surface area contributed by atoms with E-state index in [9.17, 15) is 4.79 Å². The van der Waals surface area contributed by atoms with Crippen LogP contribution in [-0.2, 0) is 14.3 Å². The Morgan fingerprint density at radius 1 is 1.06 bits per heavy atom. The van der Waals surface area contributed by atoms with Crippen molar-refractivity contribution in [3.8, 4) is 16.9 Å². The smallest absolute Gasteiger partial charge is 0.333 e. The average molecular weight is 481 g/mol. The Morgan fingerprint density at radius 2 is 1.77 bits per heavy atom. The number of benzene rings is 1. The van der Waals surface area contributed by atoms with Crippen molar-refractivity contribution in [3.63, 3.8) is 0 Å². The van der Waals surface area contributed by atoms with Crippen LogP contribution in [-0.4, -0.2) is 50.5 Å². The van der Waals surface area contributed by atoms with Crippen molar-refractivity contribution < 1.29 is 19.0 Å². The molecule has 2 heterocycles. The van der Waals surface area contributed by atoms with Crippen LogP contribution in [0, 0.1) is 11.8 Å². The normalized spacial score (nSPS) is 18.1. The summed E-state index contributed by atoms with van der Waals surface area (Å²) in [7, 11) is 0. The number of rotatable bonds is 12. The first-order valence-electron chi connectivity index (χ1n) is 12.8. The average Bonchev–Trinajstić information content (AvgIpc) is 3.19. The Morgan fingerprint density at radius 3 is 2.43 bits per heavy atom. The van der Waals surface area contributed by atoms with Gasteiger partial charge in [-0.3, -0.25) is 0 Å². The molecule has 1 aliphatic rings. The van der Waals surface area contributed by atoms with Gasteiger partial charge in [-0.2, -0.15) is 0 Å². The van der Waals surface area contributed by atoms with E-state index in [-0.39, 0.29) is 5.97 Å². The molecule has 2 aromatic rings. The number of esters is 1. The summed E-state index contributed by atoms with van der Waals surface area (Å²) < 4.78 is 16.6. The topological polar surface area (TPSA) is 60.9 Å². The summed E-state index contributed by atoms with van der Waals surface area (Å²) in [6, 6.07) is 10.1. The highest BCUT2D eigenvalue weighted by Crippen LogP contribution is 2.32. The number of anilines is 1. The van der Waals surface area contributed by atoms with Crippen LogP contribution >= 0.6 is 0 Å². The third kappa shape index (κ3) is 7.56. The number of hydrogen-bond acceptors (Lipinski definition) is 6. The molecule has 1 saturated heterocycles. The molecule has 6 nitrogen and oxygen atoms in total. The first-order chi connectivity index (χ1) is 16.9. The molecule has 0 amide bonds. The lowest BCUT2D eigenvalue weighted by atomic mass is 10.0. The lowest BCUT2D eigenvalue weighted by molar-refractivity contribution is -0.138. The molecule has 0 aliphatic carbocycles. The fourth-order valence-electron chi connectivity index (χ4n) is 4.15. The molecule has 0 radical (unpaired) electrons. The van der Waals surface area contributed by atoms with Crippen LogP contribution in [0.15, 0.2) is 42.1 Å². The highest BCUT2D eigenvalue weighted by atomic mass is 16.5. The number of carbonyl (C=O) groups is 1. The minimum Gasteiger partial charge on any atom is -0.491 e. The van der Waals surface area contributed by atoms with Crippen molar-refractivity contribution in [2.24, 2.45) is 11.8 Å². The van der Waals surface area contributed by atoms with Gasteiger partial charge < -0.3 is 19.1 Å². The molecule has 3 rings (SSSR count). The van der Waals surface area contributed by atoms with Crippen molar-refractivity contribution >= 4 is 17.9 Å². The lowest BCUT2D eigenvalue weighted by Gasteiger charge is -2.20. The largest absolute Gasteiger partial charge is 0.491 e. The minimum absolute atomic E-state index is 0.299. The Hall–Kier alpha value is -2.86. The number of carbonyl (C=O) groups excluding carboxylic acids is 1. The molecule has 1 aromatic heterocycles. The Labute approximate surface area is 210 Å². The van der Waals surface area contributed by atoms with E-state index < -0.39 is 0 Å². The maximum absolute atomic E-state index is 12.3. The van der Waals surface area contributed by atoms with Gasteiger partial charge in [-0.1, -0.05) is 39.3 Å². The molecule has 2 atom stereocenters. The molecule has 35 heavy (non-hydrogen) atoms. The summed E-state index contributed by atoms with van der Waals surface area (Å²) in [6.45, 7) is 14.5. The van der Waals surface area contributed by atoms with Crippen LogP contribution in [0.3, 0.4) is 0 Å². The zero-order valence-corrected chi connectivity index (χ0v) is 21.9. The SMILES string of the molecule is CCCCOCCOc1ccc(-c2cnc(N3CC(C)C(C)C3)c(C=C(C)C(=O)OCC)c2)cc1. The zero-order valence-electron chi connectivity index (χ0n) is 21.9. The van der Waals surface area contributed by atoms with Crippen molar-refractivity contribution in [2.45, 2.75) is 47.5 Å². The fraction of sp³-hybridized carbons (Fsp3) is 0.517. The van der Waals surface area contributed by atoms with Crippen LogP contribution in [0.4, 0.5) is 5.82 Å². The number of hydrogen-bond donors (Lipinski definition) is 0. The van der Waals surface area contributed by atoms with Gasteiger partial charge >= 0.3 is 5.97 Å². The summed E-state index contributed by atoms with van der Waals surface area (Å²) in [5, 5.41) is 0. The van der Waals surface area contributed by atoms with Gasteiger partial charge in [0.15, 0.2) is 0 Å². The predicted molar refractivity (Wildman–Crippen MR) is 142 cm³/mol. The van der Waals surface area contributed by atoms with Crippen LogP contribution in [0.1, 0.15) is 53.0 Å². The first kappa shape index (κ1) is 26.7. The van der Waals surface area contributed by atoms with Crippen molar-refractivity contribution in [2.75, 3.05) is 44.4 Å². The summed E-state index contributed by atoms with van der Waals surface area (Å²) in [6.07, 6.45) is 6.02. The first-order valence-corrected chi connectivity index (χ1v) is 12.8. The second kappa shape index (κ2) is 13.3. The molecule has 6 heteroatoms. The molecule has 0 saturated carbocycles. The van der Waals surface area contributed by atoms with Crippen LogP contribution in [0.2, 0.25) is 0 Å². The van der Waals surface area contributed by atoms with Gasteiger partial charge in [-0.25, -0.2) is 9.78 Å². The van der Waals surface area contributed by atoms with Crippen molar-refractivity contribution in [1.82, 2.24) is 4.98 Å². The highest BCUT2D eigenvalue weighted by molar-refractivity contribution is 5.94. The van der Waals surface area contributed by atoms with Gasteiger partial charge in [-0.15, -0.1) is 0 Å². The van der Waals surface area contributed by atoms with E-state index in [1.807, 2.05) is 43.5 Å². The number of ether oxygens (including phenoxy) is 3. The summed E-state index contributed by atoms with van der Waals surface area (Å²) in [5.41, 5.74) is 3.53. The van der Waals surface area contributed by atoms with E-state index in [0.717, 1.165) is 60.8 Å². The Balaban J connectivity index is 1.78. The molecule has 2 unspecified atom stereocenters. The number of nitrogens with zero attached hydrogens (tertiary/aromatic N) is 2. The van der Waals surface area contributed by atoms with Gasteiger partial charge in [0, 0.05) is 42.6 Å². The molecule has 0 spiro atoms. The molecule has 1 aliphatic heterocycles. The Bertz CT molecular complexity index is 977. The monoisotopic (exact) mass is 480 g/mol. The second-order valence-corrected chi connectivity index (χ2v) is 9.38. The van der Waals surface area contributed by atoms with Crippen LogP contribution in [0.5, 0.6) is 5.75 Å². The van der Waals surface area contributed by atoms with E-state index >= 15 is 0 Å². The third-order valence-corrected chi connectivity index (χ3v) is 6.48.